The highest BCUT2D eigenvalue weighted by Gasteiger charge is 2.41. The summed E-state index contributed by atoms with van der Waals surface area (Å²) in [6.45, 7) is 5.66. The lowest BCUT2D eigenvalue weighted by atomic mass is 10.0. The Morgan fingerprint density at radius 3 is 2.74 bits per heavy atom. The Morgan fingerprint density at radius 2 is 2.03 bits per heavy atom. The van der Waals surface area contributed by atoms with E-state index in [-0.39, 0.29) is 29.7 Å². The average molecular weight is 445 g/mol. The van der Waals surface area contributed by atoms with Crippen molar-refractivity contribution in [1.29, 1.82) is 0 Å². The molecule has 0 aliphatic carbocycles. The topological polar surface area (TPSA) is 65.5 Å². The van der Waals surface area contributed by atoms with Crippen molar-refractivity contribution in [2.75, 3.05) is 18.4 Å². The zero-order valence-electron chi connectivity index (χ0n) is 18.1. The van der Waals surface area contributed by atoms with E-state index in [1.807, 2.05) is 11.8 Å². The largest absolute Gasteiger partial charge is 0.334 e. The third-order valence-electron chi connectivity index (χ3n) is 6.32. The van der Waals surface area contributed by atoms with Crippen LogP contribution in [0.5, 0.6) is 0 Å². The molecule has 2 aliphatic heterocycles. The second-order valence-corrected chi connectivity index (χ2v) is 9.56. The average Bonchev–Trinajstić information content (AvgIpc) is 3.25. The first kappa shape index (κ1) is 21.9. The van der Waals surface area contributed by atoms with Crippen LogP contribution in [0, 0.1) is 12.7 Å². The number of carbonyl (C=O) groups excluding carboxylic acids is 2. The Bertz CT molecular complexity index is 946. The fourth-order valence-electron chi connectivity index (χ4n) is 4.77. The van der Waals surface area contributed by atoms with Gasteiger partial charge in [-0.3, -0.25) is 14.5 Å². The summed E-state index contributed by atoms with van der Waals surface area (Å²) in [5, 5.41) is 3.61. The van der Waals surface area contributed by atoms with Crippen LogP contribution < -0.4 is 5.32 Å². The van der Waals surface area contributed by atoms with Crippen LogP contribution in [-0.4, -0.2) is 51.8 Å². The van der Waals surface area contributed by atoms with Gasteiger partial charge in [0.25, 0.3) is 0 Å². The zero-order chi connectivity index (χ0) is 22.0. The number of rotatable bonds is 6. The van der Waals surface area contributed by atoms with Gasteiger partial charge in [-0.25, -0.2) is 9.37 Å². The number of benzene rings is 1. The molecule has 2 aromatic rings. The molecule has 2 saturated heterocycles. The third kappa shape index (κ3) is 4.96. The molecule has 0 radical (unpaired) electrons. The first-order chi connectivity index (χ1) is 14.9. The number of amides is 2. The molecule has 0 spiro atoms. The summed E-state index contributed by atoms with van der Waals surface area (Å²) < 4.78 is 13.3. The number of aryl methyl sites for hydroxylation is 2. The van der Waals surface area contributed by atoms with Gasteiger partial charge in [0.1, 0.15) is 5.82 Å². The van der Waals surface area contributed by atoms with Gasteiger partial charge < -0.3 is 10.2 Å². The van der Waals surface area contributed by atoms with Gasteiger partial charge in [0.15, 0.2) is 5.13 Å². The maximum Gasteiger partial charge on any atom is 0.240 e. The Balaban J connectivity index is 1.42. The molecule has 4 rings (SSSR count). The summed E-state index contributed by atoms with van der Waals surface area (Å²) >= 11 is 1.51. The molecule has 166 valence electrons. The van der Waals surface area contributed by atoms with E-state index in [1.54, 1.807) is 12.1 Å². The van der Waals surface area contributed by atoms with E-state index in [2.05, 4.69) is 22.1 Å². The Kier molecular flexibility index (Phi) is 6.67. The number of anilines is 1. The smallest absolute Gasteiger partial charge is 0.240 e. The number of halogens is 1. The van der Waals surface area contributed by atoms with Gasteiger partial charge in [-0.05, 0) is 50.3 Å². The normalized spacial score (nSPS) is 21.8. The lowest BCUT2D eigenvalue weighted by Gasteiger charge is -2.33. The van der Waals surface area contributed by atoms with Crippen LogP contribution in [0.3, 0.4) is 0 Å². The van der Waals surface area contributed by atoms with E-state index in [0.29, 0.717) is 24.6 Å². The Morgan fingerprint density at radius 1 is 1.26 bits per heavy atom. The first-order valence-electron chi connectivity index (χ1n) is 11.0. The van der Waals surface area contributed by atoms with E-state index < -0.39 is 0 Å². The van der Waals surface area contributed by atoms with E-state index >= 15 is 0 Å². The molecular formula is C23H29FN4O2S. The van der Waals surface area contributed by atoms with Gasteiger partial charge in [-0.1, -0.05) is 19.1 Å². The molecular weight excluding hydrogens is 415 g/mol. The van der Waals surface area contributed by atoms with Crippen LogP contribution in [0.4, 0.5) is 9.52 Å². The standard InChI is InChI=1S/C23H29FN4O2S/c1-3-18-15(2)31-23(25-18)26-21(29)14-27-12-11-20-19(27)5-4-6-22(30)28(20)13-16-7-9-17(24)10-8-16/h7-10,19-20H,3-6,11-14H2,1-2H3,(H,25,26,29)/t19-,20-/m1/s1. The van der Waals surface area contributed by atoms with Crippen molar-refractivity contribution < 1.29 is 14.0 Å². The molecule has 2 fully saturated rings. The number of carbonyl (C=O) groups is 2. The molecule has 1 N–H and O–H groups in total. The van der Waals surface area contributed by atoms with Crippen molar-refractivity contribution in [2.45, 2.75) is 64.6 Å². The summed E-state index contributed by atoms with van der Waals surface area (Å²) in [5.41, 5.74) is 1.96. The van der Waals surface area contributed by atoms with Gasteiger partial charge in [0.2, 0.25) is 11.8 Å². The van der Waals surface area contributed by atoms with Crippen molar-refractivity contribution in [2.24, 2.45) is 0 Å². The third-order valence-corrected chi connectivity index (χ3v) is 7.25. The maximum absolute atomic E-state index is 13.3. The molecule has 0 unspecified atom stereocenters. The van der Waals surface area contributed by atoms with E-state index in [4.69, 9.17) is 0 Å². The monoisotopic (exact) mass is 444 g/mol. The molecule has 3 heterocycles. The van der Waals surface area contributed by atoms with Crippen molar-refractivity contribution in [3.63, 3.8) is 0 Å². The predicted octanol–water partition coefficient (Wildman–Crippen LogP) is 3.75. The second-order valence-electron chi connectivity index (χ2n) is 8.36. The van der Waals surface area contributed by atoms with Gasteiger partial charge in [-0.15, -0.1) is 11.3 Å². The summed E-state index contributed by atoms with van der Waals surface area (Å²) in [4.78, 5) is 35.3. The minimum Gasteiger partial charge on any atom is -0.334 e. The van der Waals surface area contributed by atoms with Crippen molar-refractivity contribution in [3.05, 3.63) is 46.2 Å². The van der Waals surface area contributed by atoms with Crippen molar-refractivity contribution >= 4 is 28.3 Å². The van der Waals surface area contributed by atoms with E-state index in [0.717, 1.165) is 48.4 Å². The predicted molar refractivity (Wildman–Crippen MR) is 119 cm³/mol. The lowest BCUT2D eigenvalue weighted by molar-refractivity contribution is -0.133. The summed E-state index contributed by atoms with van der Waals surface area (Å²) in [6.07, 6.45) is 3.95. The number of hydrogen-bond donors (Lipinski definition) is 1. The fourth-order valence-corrected chi connectivity index (χ4v) is 5.69. The number of thiazole rings is 1. The van der Waals surface area contributed by atoms with Gasteiger partial charge >= 0.3 is 0 Å². The molecule has 31 heavy (non-hydrogen) atoms. The molecule has 2 atom stereocenters. The number of aromatic nitrogens is 1. The highest BCUT2D eigenvalue weighted by atomic mass is 32.1. The summed E-state index contributed by atoms with van der Waals surface area (Å²) in [5.74, 6) is -0.186. The SMILES string of the molecule is CCc1nc(NC(=O)CN2CC[C@@H]3[C@H]2CCCC(=O)N3Cc2ccc(F)cc2)sc1C. The number of hydrogen-bond acceptors (Lipinski definition) is 5. The van der Waals surface area contributed by atoms with E-state index in [9.17, 15) is 14.0 Å². The lowest BCUT2D eigenvalue weighted by Crippen LogP contribution is -2.47. The minimum absolute atomic E-state index is 0.0577. The summed E-state index contributed by atoms with van der Waals surface area (Å²) in [6, 6.07) is 6.60. The molecule has 8 heteroatoms. The second kappa shape index (κ2) is 9.44. The van der Waals surface area contributed by atoms with Crippen LogP contribution in [0.1, 0.15) is 48.7 Å². The van der Waals surface area contributed by atoms with Gasteiger partial charge in [0, 0.05) is 36.5 Å². The van der Waals surface area contributed by atoms with Gasteiger partial charge in [0.05, 0.1) is 12.2 Å². The molecule has 0 bridgehead atoms. The van der Waals surface area contributed by atoms with Crippen LogP contribution in [-0.2, 0) is 22.6 Å². The fraction of sp³-hybridized carbons (Fsp3) is 0.522. The van der Waals surface area contributed by atoms with Crippen molar-refractivity contribution in [3.8, 4) is 0 Å². The van der Waals surface area contributed by atoms with Crippen LogP contribution in [0.25, 0.3) is 0 Å². The number of nitrogens with one attached hydrogen (secondary N) is 1. The number of nitrogens with zero attached hydrogens (tertiary/aromatic N) is 3. The zero-order valence-corrected chi connectivity index (χ0v) is 18.9. The quantitative estimate of drug-likeness (QED) is 0.737. The highest BCUT2D eigenvalue weighted by molar-refractivity contribution is 7.15. The van der Waals surface area contributed by atoms with Gasteiger partial charge in [-0.2, -0.15) is 0 Å². The van der Waals surface area contributed by atoms with Crippen LogP contribution in [0.2, 0.25) is 0 Å². The Labute approximate surface area is 186 Å². The maximum atomic E-state index is 13.3. The number of likely N-dealkylation sites (tertiary alicyclic amines) is 2. The molecule has 1 aromatic carbocycles. The Hall–Kier alpha value is -2.32. The molecule has 2 amide bonds. The molecule has 6 nitrogen and oxygen atoms in total. The highest BCUT2D eigenvalue weighted by Crippen LogP contribution is 2.32. The van der Waals surface area contributed by atoms with Crippen LogP contribution >= 0.6 is 11.3 Å². The van der Waals surface area contributed by atoms with E-state index in [1.165, 1.54) is 23.5 Å². The number of fused-ring (bicyclic) bond motifs is 1. The molecule has 1 aromatic heterocycles. The minimum atomic E-state index is -0.275. The van der Waals surface area contributed by atoms with Crippen LogP contribution in [0.15, 0.2) is 24.3 Å². The molecule has 0 saturated carbocycles. The summed E-state index contributed by atoms with van der Waals surface area (Å²) in [7, 11) is 0. The van der Waals surface area contributed by atoms with Crippen molar-refractivity contribution in [1.82, 2.24) is 14.8 Å². The first-order valence-corrected chi connectivity index (χ1v) is 11.8. The molecule has 2 aliphatic rings.